The first kappa shape index (κ1) is 14.0. The summed E-state index contributed by atoms with van der Waals surface area (Å²) in [6, 6.07) is 0. The average molecular weight is 299 g/mol. The molecule has 0 saturated carbocycles. The Hall–Kier alpha value is -1.47. The normalized spacial score (nSPS) is 12.2. The van der Waals surface area contributed by atoms with Gasteiger partial charge in [-0.2, -0.15) is 15.0 Å². The lowest BCUT2D eigenvalue weighted by Crippen LogP contribution is -2.17. The topological polar surface area (TPSA) is 66.8 Å². The Morgan fingerprint density at radius 1 is 1.37 bits per heavy atom. The third kappa shape index (κ3) is 3.74. The number of rotatable bonds is 5. The van der Waals surface area contributed by atoms with Gasteiger partial charge in [0.15, 0.2) is 0 Å². The fraction of sp³-hybridized carbons (Fsp3) is 0.455. The van der Waals surface area contributed by atoms with Gasteiger partial charge in [-0.15, -0.1) is 11.3 Å². The summed E-state index contributed by atoms with van der Waals surface area (Å²) in [5, 5.41) is 6.40. The predicted octanol–water partition coefficient (Wildman–Crippen LogP) is 2.26. The van der Waals surface area contributed by atoms with Crippen LogP contribution in [-0.2, 0) is 0 Å². The van der Waals surface area contributed by atoms with Crippen molar-refractivity contribution >= 4 is 34.8 Å². The molecule has 0 saturated heterocycles. The van der Waals surface area contributed by atoms with Crippen molar-refractivity contribution in [2.45, 2.75) is 12.8 Å². The number of halogens is 1. The summed E-state index contributed by atoms with van der Waals surface area (Å²) >= 11 is 7.51. The lowest BCUT2D eigenvalue weighted by Gasteiger charge is -2.13. The van der Waals surface area contributed by atoms with Gasteiger partial charge in [-0.1, -0.05) is 6.92 Å². The molecule has 0 bridgehead atoms. The monoisotopic (exact) mass is 298 g/mol. The van der Waals surface area contributed by atoms with E-state index in [2.05, 4.69) is 32.2 Å². The molecule has 2 heterocycles. The highest BCUT2D eigenvalue weighted by Gasteiger charge is 2.10. The second-order valence-electron chi connectivity index (χ2n) is 4.27. The summed E-state index contributed by atoms with van der Waals surface area (Å²) in [6.07, 6.45) is 1.81. The zero-order valence-electron chi connectivity index (χ0n) is 11.0. The van der Waals surface area contributed by atoms with Gasteiger partial charge in [0.25, 0.3) is 0 Å². The minimum absolute atomic E-state index is 0.183. The Kier molecular flexibility index (Phi) is 4.49. The molecule has 1 unspecified atom stereocenters. The minimum Gasteiger partial charge on any atom is -0.353 e. The van der Waals surface area contributed by atoms with E-state index in [0.717, 1.165) is 5.01 Å². The molecule has 0 aliphatic heterocycles. The minimum atomic E-state index is 0.183. The molecule has 0 radical (unpaired) electrons. The van der Waals surface area contributed by atoms with E-state index in [9.17, 15) is 0 Å². The van der Waals surface area contributed by atoms with E-state index in [1.807, 2.05) is 19.5 Å². The number of anilines is 2. The molecule has 0 spiro atoms. The van der Waals surface area contributed by atoms with Gasteiger partial charge in [-0.05, 0) is 11.6 Å². The maximum Gasteiger partial charge on any atom is 0.230 e. The van der Waals surface area contributed by atoms with Crippen LogP contribution in [0.1, 0.15) is 17.8 Å². The fourth-order valence-electron chi connectivity index (χ4n) is 1.43. The van der Waals surface area contributed by atoms with Gasteiger partial charge in [0.1, 0.15) is 0 Å². The smallest absolute Gasteiger partial charge is 0.230 e. The third-order valence-corrected chi connectivity index (χ3v) is 3.61. The summed E-state index contributed by atoms with van der Waals surface area (Å²) in [7, 11) is 3.71. The number of nitrogens with one attached hydrogen (secondary N) is 1. The largest absolute Gasteiger partial charge is 0.353 e. The van der Waals surface area contributed by atoms with Crippen molar-refractivity contribution in [2.24, 2.45) is 0 Å². The molecule has 0 aliphatic carbocycles. The van der Waals surface area contributed by atoms with Crippen LogP contribution in [0.2, 0.25) is 5.28 Å². The Bertz CT molecular complexity index is 530. The molecular formula is C11H15ClN6S. The summed E-state index contributed by atoms with van der Waals surface area (Å²) < 4.78 is 0. The molecular weight excluding hydrogens is 284 g/mol. The first-order valence-corrected chi connectivity index (χ1v) is 7.04. The van der Waals surface area contributed by atoms with Crippen LogP contribution in [0.3, 0.4) is 0 Å². The van der Waals surface area contributed by atoms with Crippen LogP contribution in [0, 0.1) is 0 Å². The molecule has 2 aromatic heterocycles. The van der Waals surface area contributed by atoms with Crippen molar-refractivity contribution in [1.29, 1.82) is 0 Å². The van der Waals surface area contributed by atoms with E-state index < -0.39 is 0 Å². The zero-order valence-corrected chi connectivity index (χ0v) is 12.5. The van der Waals surface area contributed by atoms with Gasteiger partial charge < -0.3 is 10.2 Å². The van der Waals surface area contributed by atoms with Gasteiger partial charge >= 0.3 is 0 Å². The highest BCUT2D eigenvalue weighted by molar-refractivity contribution is 7.09. The molecule has 6 nitrogen and oxygen atoms in total. The summed E-state index contributed by atoms with van der Waals surface area (Å²) in [6.45, 7) is 2.79. The number of nitrogens with zero attached hydrogens (tertiary/aromatic N) is 5. The molecule has 1 atom stereocenters. The Morgan fingerprint density at radius 2 is 2.16 bits per heavy atom. The van der Waals surface area contributed by atoms with Gasteiger partial charge in [-0.3, -0.25) is 0 Å². The fourth-order valence-corrected chi connectivity index (χ4v) is 2.28. The lowest BCUT2D eigenvalue weighted by molar-refractivity contribution is 0.785. The van der Waals surface area contributed by atoms with Crippen molar-refractivity contribution in [2.75, 3.05) is 30.9 Å². The first-order chi connectivity index (χ1) is 9.06. The highest BCUT2D eigenvalue weighted by atomic mass is 35.5. The summed E-state index contributed by atoms with van der Waals surface area (Å²) in [5.41, 5.74) is 0. The average Bonchev–Trinajstić information content (AvgIpc) is 2.89. The molecule has 102 valence electrons. The van der Waals surface area contributed by atoms with Crippen molar-refractivity contribution in [3.8, 4) is 0 Å². The molecule has 0 aliphatic rings. The number of hydrogen-bond acceptors (Lipinski definition) is 7. The quantitative estimate of drug-likeness (QED) is 0.913. The van der Waals surface area contributed by atoms with Gasteiger partial charge in [0, 0.05) is 38.1 Å². The van der Waals surface area contributed by atoms with E-state index in [1.54, 1.807) is 22.4 Å². The Balaban J connectivity index is 2.03. The van der Waals surface area contributed by atoms with Crippen LogP contribution in [0.15, 0.2) is 11.6 Å². The standard InChI is InChI=1S/C11H15ClN6S/c1-7(8-13-4-5-19-8)6-14-10-15-9(12)16-11(17-10)18(2)3/h4-5,7H,6H2,1-3H3,(H,14,15,16,17). The van der Waals surface area contributed by atoms with Crippen LogP contribution in [0.4, 0.5) is 11.9 Å². The van der Waals surface area contributed by atoms with Crippen LogP contribution in [0.5, 0.6) is 0 Å². The summed E-state index contributed by atoms with van der Waals surface area (Å²) in [4.78, 5) is 18.4. The Morgan fingerprint density at radius 3 is 2.79 bits per heavy atom. The van der Waals surface area contributed by atoms with Gasteiger partial charge in [0.2, 0.25) is 17.2 Å². The zero-order chi connectivity index (χ0) is 13.8. The van der Waals surface area contributed by atoms with Crippen molar-refractivity contribution in [3.63, 3.8) is 0 Å². The van der Waals surface area contributed by atoms with E-state index in [-0.39, 0.29) is 5.28 Å². The molecule has 2 aromatic rings. The van der Waals surface area contributed by atoms with E-state index in [4.69, 9.17) is 11.6 Å². The molecule has 0 fully saturated rings. The van der Waals surface area contributed by atoms with Crippen molar-refractivity contribution in [1.82, 2.24) is 19.9 Å². The Labute approximate surface area is 120 Å². The SMILES string of the molecule is CC(CNc1nc(Cl)nc(N(C)C)n1)c1nccs1. The van der Waals surface area contributed by atoms with Gasteiger partial charge in [-0.25, -0.2) is 4.98 Å². The second-order valence-corrected chi connectivity index (χ2v) is 5.54. The third-order valence-electron chi connectivity index (χ3n) is 2.44. The first-order valence-electron chi connectivity index (χ1n) is 5.78. The molecule has 19 heavy (non-hydrogen) atoms. The van der Waals surface area contributed by atoms with Crippen LogP contribution in [0.25, 0.3) is 0 Å². The number of hydrogen-bond donors (Lipinski definition) is 1. The maximum absolute atomic E-state index is 5.87. The van der Waals surface area contributed by atoms with E-state index in [0.29, 0.717) is 24.4 Å². The van der Waals surface area contributed by atoms with Gasteiger partial charge in [0.05, 0.1) is 5.01 Å². The second kappa shape index (κ2) is 6.12. The lowest BCUT2D eigenvalue weighted by atomic mass is 10.2. The maximum atomic E-state index is 5.87. The summed E-state index contributed by atoms with van der Waals surface area (Å²) in [5.74, 6) is 1.30. The molecule has 1 N–H and O–H groups in total. The van der Waals surface area contributed by atoms with Crippen LogP contribution in [-0.4, -0.2) is 40.6 Å². The van der Waals surface area contributed by atoms with Crippen LogP contribution >= 0.6 is 22.9 Å². The van der Waals surface area contributed by atoms with E-state index in [1.165, 1.54) is 0 Å². The van der Waals surface area contributed by atoms with Crippen molar-refractivity contribution < 1.29 is 0 Å². The molecule has 0 amide bonds. The van der Waals surface area contributed by atoms with Crippen LogP contribution < -0.4 is 10.2 Å². The van der Waals surface area contributed by atoms with E-state index >= 15 is 0 Å². The van der Waals surface area contributed by atoms with Crippen molar-refractivity contribution in [3.05, 3.63) is 21.9 Å². The molecule has 8 heteroatoms. The predicted molar refractivity (Wildman–Crippen MR) is 78.2 cm³/mol. The number of thiazole rings is 1. The molecule has 2 rings (SSSR count). The number of aromatic nitrogens is 4. The molecule has 0 aromatic carbocycles. The highest BCUT2D eigenvalue weighted by Crippen LogP contribution is 2.18.